The maximum atomic E-state index is 14.4. The zero-order valence-corrected chi connectivity index (χ0v) is 8.89. The van der Waals surface area contributed by atoms with Crippen LogP contribution in [0.15, 0.2) is 0 Å². The summed E-state index contributed by atoms with van der Waals surface area (Å²) >= 11 is 0. The first kappa shape index (κ1) is 9.10. The van der Waals surface area contributed by atoms with Crippen LogP contribution < -0.4 is 0 Å². The Kier molecular flexibility index (Phi) is 1.41. The largest absolute Gasteiger partial charge is 0.313 e. The second kappa shape index (κ2) is 2.17. The third-order valence-corrected chi connectivity index (χ3v) is 4.53. The van der Waals surface area contributed by atoms with Gasteiger partial charge in [-0.05, 0) is 39.0 Å². The Morgan fingerprint density at radius 2 is 1.64 bits per heavy atom. The fourth-order valence-electron chi connectivity index (χ4n) is 4.67. The molecule has 4 atom stereocenters. The number of hydroxylamine groups is 2. The van der Waals surface area contributed by atoms with Crippen LogP contribution in [0.5, 0.6) is 0 Å². The van der Waals surface area contributed by atoms with Gasteiger partial charge in [-0.3, -0.25) is 0 Å². The van der Waals surface area contributed by atoms with Crippen LogP contribution in [0.25, 0.3) is 0 Å². The summed E-state index contributed by atoms with van der Waals surface area (Å²) in [7, 11) is 0. The molecule has 0 aromatic rings. The molecular formula is C11H18FNO. The van der Waals surface area contributed by atoms with Gasteiger partial charge in [-0.15, -0.1) is 0 Å². The van der Waals surface area contributed by atoms with Crippen molar-refractivity contribution in [3.8, 4) is 0 Å². The van der Waals surface area contributed by atoms with Crippen LogP contribution in [0.4, 0.5) is 4.39 Å². The van der Waals surface area contributed by atoms with E-state index < -0.39 is 5.67 Å². The summed E-state index contributed by atoms with van der Waals surface area (Å²) < 4.78 is 14.4. The van der Waals surface area contributed by atoms with Gasteiger partial charge < -0.3 is 5.21 Å². The summed E-state index contributed by atoms with van der Waals surface area (Å²) in [6.07, 6.45) is 3.69. The minimum Gasteiger partial charge on any atom is -0.313 e. The molecule has 2 aliphatic carbocycles. The van der Waals surface area contributed by atoms with E-state index in [4.69, 9.17) is 0 Å². The molecule has 0 aromatic heterocycles. The van der Waals surface area contributed by atoms with Crippen molar-refractivity contribution in [1.82, 2.24) is 5.06 Å². The van der Waals surface area contributed by atoms with Crippen molar-refractivity contribution < 1.29 is 9.60 Å². The molecule has 2 unspecified atom stereocenters. The van der Waals surface area contributed by atoms with E-state index in [1.165, 1.54) is 5.06 Å². The van der Waals surface area contributed by atoms with Crippen molar-refractivity contribution in [1.29, 1.82) is 0 Å². The van der Waals surface area contributed by atoms with Gasteiger partial charge in [-0.2, -0.15) is 5.06 Å². The number of hydrogen-bond donors (Lipinski definition) is 1. The molecule has 4 rings (SSSR count). The van der Waals surface area contributed by atoms with Gasteiger partial charge in [0.05, 0.1) is 0 Å². The minimum absolute atomic E-state index is 0.303. The average molecular weight is 199 g/mol. The first-order chi connectivity index (χ1) is 6.35. The molecule has 14 heavy (non-hydrogen) atoms. The number of halogens is 1. The lowest BCUT2D eigenvalue weighted by Gasteiger charge is -2.66. The van der Waals surface area contributed by atoms with Crippen molar-refractivity contribution in [2.24, 2.45) is 5.92 Å². The van der Waals surface area contributed by atoms with Gasteiger partial charge in [0, 0.05) is 23.9 Å². The molecule has 0 spiro atoms. The van der Waals surface area contributed by atoms with E-state index in [9.17, 15) is 9.60 Å². The molecule has 2 aliphatic heterocycles. The van der Waals surface area contributed by atoms with E-state index in [-0.39, 0.29) is 11.1 Å². The molecule has 80 valence electrons. The number of nitrogens with zero attached hydrogens (tertiary/aromatic N) is 1. The molecule has 3 heteroatoms. The summed E-state index contributed by atoms with van der Waals surface area (Å²) in [5, 5.41) is 11.6. The van der Waals surface area contributed by atoms with Crippen LogP contribution in [0.1, 0.15) is 46.0 Å². The molecule has 0 amide bonds. The second-order valence-electron chi connectivity index (χ2n) is 6.29. The fourth-order valence-corrected chi connectivity index (χ4v) is 4.67. The lowest BCUT2D eigenvalue weighted by molar-refractivity contribution is -0.323. The van der Waals surface area contributed by atoms with Crippen molar-refractivity contribution in [2.45, 2.75) is 62.7 Å². The molecule has 1 N–H and O–H groups in total. The zero-order valence-electron chi connectivity index (χ0n) is 8.89. The monoisotopic (exact) mass is 199 g/mol. The highest BCUT2D eigenvalue weighted by Gasteiger charge is 2.64. The molecule has 4 bridgehead atoms. The highest BCUT2D eigenvalue weighted by Crippen LogP contribution is 2.61. The van der Waals surface area contributed by atoms with E-state index in [0.29, 0.717) is 18.8 Å². The lowest BCUT2D eigenvalue weighted by atomic mass is 9.53. The number of rotatable bonds is 0. The van der Waals surface area contributed by atoms with Gasteiger partial charge in [0.25, 0.3) is 0 Å². The topological polar surface area (TPSA) is 23.5 Å². The standard InChI is InChI=1S/C11H18FNO/c1-9-3-8-4-10(2,13(9)14)7-11(12,5-8)6-9/h8,14H,3-7H2,1-2H3/t8?,9-,10+,11?. The van der Waals surface area contributed by atoms with Crippen LogP contribution in [0, 0.1) is 5.92 Å². The van der Waals surface area contributed by atoms with E-state index in [0.717, 1.165) is 19.3 Å². The Labute approximate surface area is 84.0 Å². The van der Waals surface area contributed by atoms with Crippen LogP contribution in [0.2, 0.25) is 0 Å². The average Bonchev–Trinajstić information content (AvgIpc) is 1.95. The molecular weight excluding hydrogens is 181 g/mol. The Balaban J connectivity index is 2.07. The van der Waals surface area contributed by atoms with Gasteiger partial charge in [0.2, 0.25) is 0 Å². The highest BCUT2D eigenvalue weighted by atomic mass is 19.1. The maximum Gasteiger partial charge on any atom is 0.115 e. The number of piperidine rings is 2. The predicted molar refractivity (Wildman–Crippen MR) is 50.8 cm³/mol. The Morgan fingerprint density at radius 1 is 1.14 bits per heavy atom. The van der Waals surface area contributed by atoms with E-state index in [2.05, 4.69) is 0 Å². The van der Waals surface area contributed by atoms with Crippen molar-refractivity contribution >= 4 is 0 Å². The minimum atomic E-state index is -0.996. The van der Waals surface area contributed by atoms with Crippen molar-refractivity contribution in [3.05, 3.63) is 0 Å². The van der Waals surface area contributed by atoms with Crippen molar-refractivity contribution in [2.75, 3.05) is 0 Å². The third-order valence-electron chi connectivity index (χ3n) is 4.53. The Bertz CT molecular complexity index is 273. The summed E-state index contributed by atoms with van der Waals surface area (Å²) in [5.41, 5.74) is -1.60. The first-order valence-electron chi connectivity index (χ1n) is 5.54. The molecule has 4 aliphatic rings. The highest BCUT2D eigenvalue weighted by molar-refractivity contribution is 5.16. The number of hydrogen-bond acceptors (Lipinski definition) is 2. The molecule has 2 heterocycles. The molecule has 0 aromatic carbocycles. The van der Waals surface area contributed by atoms with Crippen molar-refractivity contribution in [3.63, 3.8) is 0 Å². The zero-order chi connectivity index (χ0) is 10.2. The van der Waals surface area contributed by atoms with Gasteiger partial charge in [0.1, 0.15) is 5.67 Å². The molecule has 2 nitrogen and oxygen atoms in total. The Morgan fingerprint density at radius 3 is 2.07 bits per heavy atom. The normalized spacial score (nSPS) is 62.1. The molecule has 0 radical (unpaired) electrons. The fraction of sp³-hybridized carbons (Fsp3) is 1.00. The molecule has 4 fully saturated rings. The van der Waals surface area contributed by atoms with Gasteiger partial charge in [-0.1, -0.05) is 0 Å². The molecule has 2 saturated carbocycles. The second-order valence-corrected chi connectivity index (χ2v) is 6.29. The quantitative estimate of drug-likeness (QED) is 0.648. The van der Waals surface area contributed by atoms with E-state index in [1.807, 2.05) is 13.8 Å². The molecule has 2 saturated heterocycles. The summed E-state index contributed by atoms with van der Waals surface area (Å²) in [6.45, 7) is 4.01. The number of alkyl halides is 1. The van der Waals surface area contributed by atoms with Gasteiger partial charge >= 0.3 is 0 Å². The van der Waals surface area contributed by atoms with E-state index >= 15 is 0 Å². The predicted octanol–water partition coefficient (Wildman–Crippen LogP) is 2.51. The smallest absolute Gasteiger partial charge is 0.115 e. The van der Waals surface area contributed by atoms with Crippen LogP contribution in [0.3, 0.4) is 0 Å². The SMILES string of the molecule is C[C@]12CC3CC(F)(C1)C[C@@](C)(C3)N2O. The van der Waals surface area contributed by atoms with Gasteiger partial charge in [0.15, 0.2) is 0 Å². The third kappa shape index (κ3) is 0.924. The van der Waals surface area contributed by atoms with Crippen LogP contribution in [-0.4, -0.2) is 27.0 Å². The van der Waals surface area contributed by atoms with Crippen LogP contribution in [-0.2, 0) is 0 Å². The summed E-state index contributed by atoms with van der Waals surface area (Å²) in [6, 6.07) is 0. The Hall–Kier alpha value is -0.150. The summed E-state index contributed by atoms with van der Waals surface area (Å²) in [4.78, 5) is 0. The summed E-state index contributed by atoms with van der Waals surface area (Å²) in [5.74, 6) is 0.487. The van der Waals surface area contributed by atoms with E-state index in [1.54, 1.807) is 0 Å². The van der Waals surface area contributed by atoms with Crippen LogP contribution >= 0.6 is 0 Å². The van der Waals surface area contributed by atoms with Gasteiger partial charge in [-0.25, -0.2) is 4.39 Å². The first-order valence-corrected chi connectivity index (χ1v) is 5.54. The lowest BCUT2D eigenvalue weighted by Crippen LogP contribution is -2.72. The maximum absolute atomic E-state index is 14.4.